The minimum atomic E-state index is 0.339. The highest BCUT2D eigenvalue weighted by Crippen LogP contribution is 2.42. The van der Waals surface area contributed by atoms with Crippen molar-refractivity contribution in [2.75, 3.05) is 39.3 Å². The largest absolute Gasteiger partial charge is 0.298 e. The molecule has 2 unspecified atom stereocenters. The van der Waals surface area contributed by atoms with Crippen molar-refractivity contribution in [1.29, 1.82) is 0 Å². The van der Waals surface area contributed by atoms with E-state index >= 15 is 0 Å². The molecule has 1 aliphatic carbocycles. The van der Waals surface area contributed by atoms with Gasteiger partial charge in [-0.15, -0.1) is 0 Å². The van der Waals surface area contributed by atoms with E-state index in [2.05, 4.69) is 56.2 Å². The highest BCUT2D eigenvalue weighted by atomic mass is 15.3. The van der Waals surface area contributed by atoms with Gasteiger partial charge < -0.3 is 0 Å². The van der Waals surface area contributed by atoms with Crippen LogP contribution in [-0.4, -0.2) is 71.1 Å². The molecule has 0 aromatic heterocycles. The lowest BCUT2D eigenvalue weighted by Crippen LogP contribution is -2.55. The molecule has 3 fully saturated rings. The molecule has 2 aliphatic heterocycles. The number of hydrogen-bond acceptors (Lipinski definition) is 3. The van der Waals surface area contributed by atoms with Crippen LogP contribution < -0.4 is 0 Å². The fourth-order valence-electron chi connectivity index (χ4n) is 4.87. The molecule has 3 aliphatic rings. The lowest BCUT2D eigenvalue weighted by molar-refractivity contribution is 0.0395. The van der Waals surface area contributed by atoms with Crippen molar-refractivity contribution in [2.45, 2.75) is 71.5 Å². The lowest BCUT2D eigenvalue weighted by atomic mass is 10.0. The maximum Gasteiger partial charge on any atom is 0.0126 e. The molecular weight excluding hydrogens is 270 g/mol. The summed E-state index contributed by atoms with van der Waals surface area (Å²) < 4.78 is 0. The average molecular weight is 308 g/mol. The van der Waals surface area contributed by atoms with Gasteiger partial charge in [0.1, 0.15) is 0 Å². The average Bonchev–Trinajstić information content (AvgIpc) is 2.95. The van der Waals surface area contributed by atoms with Gasteiger partial charge >= 0.3 is 0 Å². The Balaban J connectivity index is 1.50. The molecule has 0 spiro atoms. The Morgan fingerprint density at radius 3 is 1.50 bits per heavy atom. The van der Waals surface area contributed by atoms with Gasteiger partial charge in [0.2, 0.25) is 0 Å². The molecule has 0 amide bonds. The third kappa shape index (κ3) is 3.37. The number of nitrogens with zero attached hydrogens (tertiary/aromatic N) is 3. The summed E-state index contributed by atoms with van der Waals surface area (Å²) in [7, 11) is 0. The minimum absolute atomic E-state index is 0.339. The van der Waals surface area contributed by atoms with Gasteiger partial charge in [-0.1, -0.05) is 0 Å². The van der Waals surface area contributed by atoms with E-state index in [1.807, 2.05) is 0 Å². The summed E-state index contributed by atoms with van der Waals surface area (Å²) in [5.74, 6) is 1.93. The SMILES string of the molecule is CC(C)(C)N1CCN(C2CC3CN(C(C)(C)C)CC3C2)CC1. The fourth-order valence-corrected chi connectivity index (χ4v) is 4.87. The number of likely N-dealkylation sites (tertiary alicyclic amines) is 1. The zero-order chi connectivity index (χ0) is 16.1. The molecule has 2 heterocycles. The Labute approximate surface area is 138 Å². The minimum Gasteiger partial charge on any atom is -0.298 e. The highest BCUT2D eigenvalue weighted by Gasteiger charge is 2.45. The van der Waals surface area contributed by atoms with Crippen molar-refractivity contribution in [2.24, 2.45) is 11.8 Å². The first-order valence-corrected chi connectivity index (χ1v) is 9.39. The molecule has 0 aromatic carbocycles. The quantitative estimate of drug-likeness (QED) is 0.737. The van der Waals surface area contributed by atoms with E-state index in [0.717, 1.165) is 17.9 Å². The van der Waals surface area contributed by atoms with Crippen LogP contribution >= 0.6 is 0 Å². The molecule has 2 atom stereocenters. The van der Waals surface area contributed by atoms with Crippen LogP contribution in [0.25, 0.3) is 0 Å². The zero-order valence-electron chi connectivity index (χ0n) is 15.7. The third-order valence-corrected chi connectivity index (χ3v) is 6.45. The first-order valence-electron chi connectivity index (χ1n) is 9.39. The molecule has 3 rings (SSSR count). The van der Waals surface area contributed by atoms with E-state index < -0.39 is 0 Å². The second-order valence-corrected chi connectivity index (χ2v) is 9.92. The second kappa shape index (κ2) is 5.75. The van der Waals surface area contributed by atoms with Crippen molar-refractivity contribution >= 4 is 0 Å². The van der Waals surface area contributed by atoms with Crippen LogP contribution in [0.4, 0.5) is 0 Å². The van der Waals surface area contributed by atoms with Crippen LogP contribution in [0.1, 0.15) is 54.4 Å². The van der Waals surface area contributed by atoms with Crippen LogP contribution in [0, 0.1) is 11.8 Å². The van der Waals surface area contributed by atoms with Crippen LogP contribution in [0.5, 0.6) is 0 Å². The third-order valence-electron chi connectivity index (χ3n) is 6.45. The Morgan fingerprint density at radius 2 is 1.09 bits per heavy atom. The van der Waals surface area contributed by atoms with E-state index in [-0.39, 0.29) is 0 Å². The topological polar surface area (TPSA) is 9.72 Å². The molecule has 3 nitrogen and oxygen atoms in total. The van der Waals surface area contributed by atoms with E-state index in [4.69, 9.17) is 0 Å². The van der Waals surface area contributed by atoms with Gasteiger partial charge in [-0.2, -0.15) is 0 Å². The van der Waals surface area contributed by atoms with E-state index in [9.17, 15) is 0 Å². The van der Waals surface area contributed by atoms with Gasteiger partial charge in [0, 0.05) is 56.4 Å². The summed E-state index contributed by atoms with van der Waals surface area (Å²) in [4.78, 5) is 8.18. The molecule has 1 saturated carbocycles. The number of hydrogen-bond donors (Lipinski definition) is 0. The number of rotatable bonds is 1. The molecular formula is C19H37N3. The number of fused-ring (bicyclic) bond motifs is 1. The smallest absolute Gasteiger partial charge is 0.0126 e. The molecule has 0 radical (unpaired) electrons. The molecule has 22 heavy (non-hydrogen) atoms. The van der Waals surface area contributed by atoms with Crippen molar-refractivity contribution in [3.8, 4) is 0 Å². The molecule has 0 aromatic rings. The normalized spacial score (nSPS) is 36.0. The lowest BCUT2D eigenvalue weighted by Gasteiger charge is -2.44. The first-order chi connectivity index (χ1) is 10.1. The summed E-state index contributed by atoms with van der Waals surface area (Å²) in [5.41, 5.74) is 0.698. The van der Waals surface area contributed by atoms with Crippen LogP contribution in [0.3, 0.4) is 0 Å². The molecule has 0 N–H and O–H groups in total. The summed E-state index contributed by atoms with van der Waals surface area (Å²) in [6.45, 7) is 21.9. The van der Waals surface area contributed by atoms with Gasteiger partial charge in [0.25, 0.3) is 0 Å². The van der Waals surface area contributed by atoms with E-state index in [1.165, 1.54) is 52.1 Å². The maximum absolute atomic E-state index is 2.81. The fraction of sp³-hybridized carbons (Fsp3) is 1.00. The Morgan fingerprint density at radius 1 is 0.636 bits per heavy atom. The molecule has 3 heteroatoms. The van der Waals surface area contributed by atoms with Crippen LogP contribution in [0.15, 0.2) is 0 Å². The predicted octanol–water partition coefficient (Wildman–Crippen LogP) is 2.91. The monoisotopic (exact) mass is 307 g/mol. The Bertz CT molecular complexity index is 370. The zero-order valence-corrected chi connectivity index (χ0v) is 15.7. The standard InChI is InChI=1S/C19H37N3/c1-18(2,3)21-9-7-20(8-10-21)17-11-15-13-22(19(4,5)6)14-16(15)12-17/h15-17H,7-14H2,1-6H3. The van der Waals surface area contributed by atoms with Gasteiger partial charge in [-0.05, 0) is 66.2 Å². The van der Waals surface area contributed by atoms with Crippen LogP contribution in [-0.2, 0) is 0 Å². The van der Waals surface area contributed by atoms with Gasteiger partial charge in [-0.25, -0.2) is 0 Å². The summed E-state index contributed by atoms with van der Waals surface area (Å²) in [6.07, 6.45) is 2.90. The van der Waals surface area contributed by atoms with E-state index in [1.54, 1.807) is 0 Å². The van der Waals surface area contributed by atoms with Crippen molar-refractivity contribution < 1.29 is 0 Å². The van der Waals surface area contributed by atoms with Crippen molar-refractivity contribution in [3.05, 3.63) is 0 Å². The summed E-state index contributed by atoms with van der Waals surface area (Å²) in [5, 5.41) is 0. The summed E-state index contributed by atoms with van der Waals surface area (Å²) in [6, 6.07) is 0.874. The van der Waals surface area contributed by atoms with Gasteiger partial charge in [-0.3, -0.25) is 14.7 Å². The van der Waals surface area contributed by atoms with E-state index in [0.29, 0.717) is 11.1 Å². The Hall–Kier alpha value is -0.120. The number of piperazine rings is 1. The first kappa shape index (κ1) is 16.7. The maximum atomic E-state index is 2.81. The van der Waals surface area contributed by atoms with Crippen molar-refractivity contribution in [3.63, 3.8) is 0 Å². The van der Waals surface area contributed by atoms with Gasteiger partial charge in [0.15, 0.2) is 0 Å². The Kier molecular flexibility index (Phi) is 4.37. The van der Waals surface area contributed by atoms with Crippen molar-refractivity contribution in [1.82, 2.24) is 14.7 Å². The molecule has 0 bridgehead atoms. The highest BCUT2D eigenvalue weighted by molar-refractivity contribution is 4.99. The summed E-state index contributed by atoms with van der Waals surface area (Å²) >= 11 is 0. The predicted molar refractivity (Wildman–Crippen MR) is 94.2 cm³/mol. The molecule has 2 saturated heterocycles. The second-order valence-electron chi connectivity index (χ2n) is 9.92. The van der Waals surface area contributed by atoms with Crippen LogP contribution in [0.2, 0.25) is 0 Å². The molecule has 128 valence electrons. The van der Waals surface area contributed by atoms with Gasteiger partial charge in [0.05, 0.1) is 0 Å².